The van der Waals surface area contributed by atoms with E-state index in [1.807, 2.05) is 42.5 Å². The molecule has 0 saturated carbocycles. The number of carbonyl (C=O) groups excluding carboxylic acids is 4. The molecule has 8 heterocycles. The molecule has 0 fully saturated rings. The minimum Gasteiger partial charge on any atom is -0.306 e. The van der Waals surface area contributed by atoms with Crippen molar-refractivity contribution >= 4 is 91.8 Å². The van der Waals surface area contributed by atoms with E-state index in [4.69, 9.17) is 0 Å². The highest BCUT2D eigenvalue weighted by atomic mass is 32.1. The number of amides is 4. The summed E-state index contributed by atoms with van der Waals surface area (Å²) in [4.78, 5) is 74.0. The van der Waals surface area contributed by atoms with Crippen LogP contribution in [-0.2, 0) is 19.2 Å². The molecule has 4 aromatic heterocycles. The SMILES string of the molecule is CCCCC(CC)CN1C(=O)C2=C(c3ccc(-c4ccc(C#Cc5ccc(-c6ccc(C7=C8C(=O)N(CC(CC)CCCC)C(c9cccs9)=C8C(=O)N7CC(CC)CCCC)s6)cc5)cc4)s3)N(CC(CC)CCCC)C(=O)C2=C1c1cccs1. The Labute approximate surface area is 528 Å². The molecule has 0 radical (unpaired) electrons. The van der Waals surface area contributed by atoms with Crippen molar-refractivity contribution in [3.63, 3.8) is 0 Å². The molecule has 10 rings (SSSR count). The van der Waals surface area contributed by atoms with Gasteiger partial charge in [0.25, 0.3) is 23.6 Å². The van der Waals surface area contributed by atoms with Gasteiger partial charge in [-0.1, -0.05) is 181 Å². The van der Waals surface area contributed by atoms with Crippen LogP contribution in [0, 0.1) is 35.5 Å². The van der Waals surface area contributed by atoms with Gasteiger partial charge in [0.1, 0.15) is 0 Å². The number of nitrogens with zero attached hydrogens (tertiary/aromatic N) is 4. The molecule has 4 aliphatic rings. The van der Waals surface area contributed by atoms with Crippen LogP contribution in [0.25, 0.3) is 43.7 Å². The molecule has 86 heavy (non-hydrogen) atoms. The molecule has 6 aromatic rings. The number of rotatable bonds is 30. The molecule has 2 aromatic carbocycles. The van der Waals surface area contributed by atoms with Crippen molar-refractivity contribution in [2.75, 3.05) is 26.2 Å². The van der Waals surface area contributed by atoms with E-state index in [0.29, 0.717) is 72.1 Å². The average molecular weight is 1220 g/mol. The molecule has 0 N–H and O–H groups in total. The first-order valence-corrected chi connectivity index (χ1v) is 35.6. The normalized spacial score (nSPS) is 16.6. The maximum atomic E-state index is 15.1. The van der Waals surface area contributed by atoms with Gasteiger partial charge >= 0.3 is 0 Å². The summed E-state index contributed by atoms with van der Waals surface area (Å²) in [5.41, 5.74) is 9.31. The van der Waals surface area contributed by atoms with Gasteiger partial charge in [0, 0.05) is 47.1 Å². The smallest absolute Gasteiger partial charge is 0.261 e. The summed E-state index contributed by atoms with van der Waals surface area (Å²) in [5, 5.41) is 4.09. The third-order valence-corrected chi connectivity index (χ3v) is 22.2. The third kappa shape index (κ3) is 13.1. The summed E-state index contributed by atoms with van der Waals surface area (Å²) in [6.07, 6.45) is 17.0. The zero-order valence-corrected chi connectivity index (χ0v) is 55.2. The molecule has 4 unspecified atom stereocenters. The van der Waals surface area contributed by atoms with Crippen molar-refractivity contribution < 1.29 is 19.2 Å². The summed E-state index contributed by atoms with van der Waals surface area (Å²) in [5.74, 6) is 7.96. The molecule has 12 heteroatoms. The Morgan fingerprint density at radius 3 is 0.884 bits per heavy atom. The van der Waals surface area contributed by atoms with Crippen molar-refractivity contribution in [2.45, 2.75) is 158 Å². The van der Waals surface area contributed by atoms with E-state index < -0.39 is 0 Å². The molecule has 0 spiro atoms. The van der Waals surface area contributed by atoms with E-state index in [-0.39, 0.29) is 23.6 Å². The van der Waals surface area contributed by atoms with E-state index in [9.17, 15) is 0 Å². The maximum Gasteiger partial charge on any atom is 0.261 e. The highest BCUT2D eigenvalue weighted by Gasteiger charge is 2.52. The Balaban J connectivity index is 0.905. The van der Waals surface area contributed by atoms with Gasteiger partial charge in [-0.25, -0.2) is 0 Å². The minimum atomic E-state index is -0.0484. The van der Waals surface area contributed by atoms with Crippen LogP contribution in [0.3, 0.4) is 0 Å². The van der Waals surface area contributed by atoms with Crippen molar-refractivity contribution in [3.8, 4) is 32.7 Å². The highest BCUT2D eigenvalue weighted by Crippen LogP contribution is 2.52. The fraction of sp³-hybridized carbons (Fsp3) is 0.432. The van der Waals surface area contributed by atoms with Crippen LogP contribution < -0.4 is 0 Å². The number of hydrogen-bond acceptors (Lipinski definition) is 8. The Morgan fingerprint density at radius 2 is 0.628 bits per heavy atom. The van der Waals surface area contributed by atoms with Crippen LogP contribution in [0.5, 0.6) is 0 Å². The van der Waals surface area contributed by atoms with Gasteiger partial charge in [-0.05, 0) is 132 Å². The first-order valence-electron chi connectivity index (χ1n) is 32.2. The first-order chi connectivity index (χ1) is 42.0. The van der Waals surface area contributed by atoms with Crippen molar-refractivity contribution in [1.82, 2.24) is 19.6 Å². The van der Waals surface area contributed by atoms with Gasteiger partial charge < -0.3 is 19.6 Å². The van der Waals surface area contributed by atoms with Gasteiger partial charge in [-0.15, -0.1) is 45.3 Å². The van der Waals surface area contributed by atoms with Crippen LogP contribution >= 0.6 is 45.3 Å². The van der Waals surface area contributed by atoms with Crippen molar-refractivity contribution in [2.24, 2.45) is 23.7 Å². The summed E-state index contributed by atoms with van der Waals surface area (Å²) in [6, 6.07) is 33.4. The van der Waals surface area contributed by atoms with Gasteiger partial charge in [-0.3, -0.25) is 19.2 Å². The first kappa shape index (κ1) is 62.7. The Kier molecular flexibility index (Phi) is 21.2. The molecule has 0 aliphatic carbocycles. The molecule has 4 atom stereocenters. The Morgan fingerprint density at radius 1 is 0.349 bits per heavy atom. The van der Waals surface area contributed by atoms with Gasteiger partial charge in [0.05, 0.1) is 64.6 Å². The molecule has 450 valence electrons. The van der Waals surface area contributed by atoms with E-state index in [2.05, 4.69) is 152 Å². The van der Waals surface area contributed by atoms with Crippen LogP contribution in [0.2, 0.25) is 0 Å². The molecular formula is C74H86N4O4S4. The zero-order chi connectivity index (χ0) is 60.4. The largest absolute Gasteiger partial charge is 0.306 e. The molecule has 0 bridgehead atoms. The number of carbonyl (C=O) groups is 4. The fourth-order valence-electron chi connectivity index (χ4n) is 12.9. The van der Waals surface area contributed by atoms with Crippen LogP contribution in [0.4, 0.5) is 0 Å². The highest BCUT2D eigenvalue weighted by molar-refractivity contribution is 7.17. The van der Waals surface area contributed by atoms with Gasteiger partial charge in [0.2, 0.25) is 0 Å². The lowest BCUT2D eigenvalue weighted by atomic mass is 9.98. The zero-order valence-electron chi connectivity index (χ0n) is 51.9. The number of fused-ring (bicyclic) bond motifs is 2. The van der Waals surface area contributed by atoms with Gasteiger partial charge in [0.15, 0.2) is 0 Å². The number of thiophene rings is 4. The number of unbranched alkanes of at least 4 members (excludes halogenated alkanes) is 4. The molecular weight excluding hydrogens is 1140 g/mol. The third-order valence-electron chi connectivity index (χ3n) is 18.2. The van der Waals surface area contributed by atoms with E-state index in [1.165, 1.54) is 0 Å². The van der Waals surface area contributed by atoms with Crippen molar-refractivity contribution in [3.05, 3.63) is 161 Å². The van der Waals surface area contributed by atoms with Crippen molar-refractivity contribution in [1.29, 1.82) is 0 Å². The van der Waals surface area contributed by atoms with E-state index >= 15 is 19.2 Å². The van der Waals surface area contributed by atoms with E-state index in [1.54, 1.807) is 45.3 Å². The second kappa shape index (κ2) is 29.1. The molecule has 4 amide bonds. The average Bonchev–Trinajstić information content (AvgIpc) is 1.63. The maximum absolute atomic E-state index is 15.1. The second-order valence-corrected chi connectivity index (χ2v) is 28.0. The minimum absolute atomic E-state index is 0.0484. The lowest BCUT2D eigenvalue weighted by Crippen LogP contribution is -2.34. The molecule has 0 saturated heterocycles. The summed E-state index contributed by atoms with van der Waals surface area (Å²) < 4.78 is 0. The fourth-order valence-corrected chi connectivity index (χ4v) is 16.6. The quantitative estimate of drug-likeness (QED) is 0.0421. The lowest BCUT2D eigenvalue weighted by molar-refractivity contribution is -0.124. The Bertz CT molecular complexity index is 3330. The summed E-state index contributed by atoms with van der Waals surface area (Å²) in [7, 11) is 0. The van der Waals surface area contributed by atoms with Crippen LogP contribution in [0.1, 0.15) is 189 Å². The molecule has 8 nitrogen and oxygen atoms in total. The predicted molar refractivity (Wildman–Crippen MR) is 362 cm³/mol. The van der Waals surface area contributed by atoms with Crippen LogP contribution in [-0.4, -0.2) is 69.4 Å². The molecule has 4 aliphatic heterocycles. The summed E-state index contributed by atoms with van der Waals surface area (Å²) in [6.45, 7) is 20.1. The topological polar surface area (TPSA) is 81.2 Å². The summed E-state index contributed by atoms with van der Waals surface area (Å²) >= 11 is 6.49. The van der Waals surface area contributed by atoms with Crippen LogP contribution in [0.15, 0.2) is 130 Å². The number of hydrogen-bond donors (Lipinski definition) is 0. The second-order valence-electron chi connectivity index (χ2n) is 23.9. The number of benzene rings is 2. The van der Waals surface area contributed by atoms with Gasteiger partial charge in [-0.2, -0.15) is 0 Å². The standard InChI is InChI=1S/C74H86N4O4S4/c1-9-17-23-49(13-5)45-75-67(59-27-21-43-83-59)63-65(73(75)81)69(77(71(63)79)47-51(15-7)25-19-11-3)61-41-39-57(85-61)55-35-31-53(32-36-55)29-30-54-33-37-56(38-34-54)58-40-42-62(86-58)70-66-64(72(80)78(70)48-52(16-8)26-20-12-4)68(60-28-22-44-84-60)76(74(66)82)46-50(14-6)24-18-10-2/h21-22,27-28,31-44,49-52H,9-20,23-26,45-48H2,1-8H3. The monoisotopic (exact) mass is 1220 g/mol. The lowest BCUT2D eigenvalue weighted by Gasteiger charge is -2.29. The Hall–Kier alpha value is -6.36. The predicted octanol–water partition coefficient (Wildman–Crippen LogP) is 19.1. The van der Waals surface area contributed by atoms with E-state index in [0.717, 1.165) is 177 Å².